The van der Waals surface area contributed by atoms with Crippen molar-refractivity contribution in [3.63, 3.8) is 0 Å². The topological polar surface area (TPSA) is 69.9 Å². The third-order valence-electron chi connectivity index (χ3n) is 2.04. The van der Waals surface area contributed by atoms with Crippen LogP contribution in [0.2, 0.25) is 0 Å². The van der Waals surface area contributed by atoms with Gasteiger partial charge in [-0.25, -0.2) is 0 Å². The average molecular weight is 162 g/mol. The highest BCUT2D eigenvalue weighted by molar-refractivity contribution is 4.89. The minimum atomic E-state index is -0.940. The van der Waals surface area contributed by atoms with E-state index >= 15 is 0 Å². The van der Waals surface area contributed by atoms with Crippen LogP contribution in [0.5, 0.6) is 0 Å². The molecular formula is C7H14O4. The smallest absolute Gasteiger partial charge is 0.111 e. The van der Waals surface area contributed by atoms with E-state index in [9.17, 15) is 10.2 Å². The molecule has 0 amide bonds. The van der Waals surface area contributed by atoms with Gasteiger partial charge in [-0.1, -0.05) is 6.92 Å². The number of aliphatic hydroxyl groups is 3. The molecule has 11 heavy (non-hydrogen) atoms. The molecule has 1 rings (SSSR count). The van der Waals surface area contributed by atoms with Crippen molar-refractivity contribution in [2.24, 2.45) is 0 Å². The largest absolute Gasteiger partial charge is 0.394 e. The summed E-state index contributed by atoms with van der Waals surface area (Å²) in [5.41, 5.74) is 0. The molecule has 1 aliphatic heterocycles. The van der Waals surface area contributed by atoms with Crippen LogP contribution in [0.3, 0.4) is 0 Å². The summed E-state index contributed by atoms with van der Waals surface area (Å²) in [5.74, 6) is 0. The van der Waals surface area contributed by atoms with Crippen molar-refractivity contribution in [3.8, 4) is 0 Å². The van der Waals surface area contributed by atoms with Crippen LogP contribution in [-0.4, -0.2) is 46.3 Å². The number of ether oxygens (including phenoxy) is 1. The van der Waals surface area contributed by atoms with Crippen LogP contribution in [-0.2, 0) is 4.74 Å². The maximum absolute atomic E-state index is 9.27. The molecule has 1 saturated heterocycles. The number of hydrogen-bond donors (Lipinski definition) is 3. The Labute approximate surface area is 65.4 Å². The van der Waals surface area contributed by atoms with Crippen molar-refractivity contribution in [2.75, 3.05) is 6.61 Å². The maximum atomic E-state index is 9.27. The fraction of sp³-hybridized carbons (Fsp3) is 1.00. The Hall–Kier alpha value is -0.160. The Bertz CT molecular complexity index is 110. The first-order valence-corrected chi connectivity index (χ1v) is 3.83. The SMILES string of the molecule is CC[C@@H]1O[C@H](CO)[C@H](O)[C@H]1O. The Morgan fingerprint density at radius 2 is 1.73 bits per heavy atom. The van der Waals surface area contributed by atoms with E-state index in [0.717, 1.165) is 0 Å². The predicted octanol–water partition coefficient (Wildman–Crippen LogP) is -1.12. The highest BCUT2D eigenvalue weighted by atomic mass is 16.6. The Morgan fingerprint density at radius 1 is 1.18 bits per heavy atom. The van der Waals surface area contributed by atoms with Gasteiger partial charge in [-0.2, -0.15) is 0 Å². The van der Waals surface area contributed by atoms with Gasteiger partial charge < -0.3 is 20.1 Å². The molecule has 0 unspecified atom stereocenters. The van der Waals surface area contributed by atoms with E-state index < -0.39 is 18.3 Å². The zero-order chi connectivity index (χ0) is 8.43. The summed E-state index contributed by atoms with van der Waals surface area (Å²) in [4.78, 5) is 0. The van der Waals surface area contributed by atoms with E-state index in [4.69, 9.17) is 9.84 Å². The van der Waals surface area contributed by atoms with Crippen molar-refractivity contribution in [1.82, 2.24) is 0 Å². The van der Waals surface area contributed by atoms with Gasteiger partial charge in [0.1, 0.15) is 18.3 Å². The van der Waals surface area contributed by atoms with Gasteiger partial charge in [0, 0.05) is 0 Å². The lowest BCUT2D eigenvalue weighted by Gasteiger charge is -2.11. The molecule has 0 aromatic carbocycles. The van der Waals surface area contributed by atoms with E-state index in [2.05, 4.69) is 0 Å². The van der Waals surface area contributed by atoms with Gasteiger partial charge in [-0.15, -0.1) is 0 Å². The third-order valence-corrected chi connectivity index (χ3v) is 2.04. The second-order valence-electron chi connectivity index (χ2n) is 2.78. The average Bonchev–Trinajstić information content (AvgIpc) is 2.30. The standard InChI is InChI=1S/C7H14O4/c1-2-4-6(9)7(10)5(3-8)11-4/h4-10H,2-3H2,1H3/t4-,5+,6-,7-/m0/s1. The molecule has 66 valence electrons. The molecule has 4 heteroatoms. The molecule has 0 radical (unpaired) electrons. The lowest BCUT2D eigenvalue weighted by Crippen LogP contribution is -2.33. The molecular weight excluding hydrogens is 148 g/mol. The summed E-state index contributed by atoms with van der Waals surface area (Å²) in [6.07, 6.45) is -2.09. The third kappa shape index (κ3) is 1.54. The molecule has 0 bridgehead atoms. The maximum Gasteiger partial charge on any atom is 0.111 e. The molecule has 0 saturated carbocycles. The van der Waals surface area contributed by atoms with Crippen molar-refractivity contribution in [1.29, 1.82) is 0 Å². The minimum absolute atomic E-state index is 0.241. The van der Waals surface area contributed by atoms with Crippen LogP contribution in [0.25, 0.3) is 0 Å². The van der Waals surface area contributed by atoms with E-state index in [-0.39, 0.29) is 12.7 Å². The van der Waals surface area contributed by atoms with Gasteiger partial charge in [-0.3, -0.25) is 0 Å². The second kappa shape index (κ2) is 3.49. The highest BCUT2D eigenvalue weighted by Crippen LogP contribution is 2.22. The van der Waals surface area contributed by atoms with Gasteiger partial charge in [0.05, 0.1) is 12.7 Å². The van der Waals surface area contributed by atoms with Crippen molar-refractivity contribution < 1.29 is 20.1 Å². The predicted molar refractivity (Wildman–Crippen MR) is 38.1 cm³/mol. The number of hydrogen-bond acceptors (Lipinski definition) is 4. The Kier molecular flexibility index (Phi) is 2.84. The monoisotopic (exact) mass is 162 g/mol. The van der Waals surface area contributed by atoms with Crippen molar-refractivity contribution in [2.45, 2.75) is 37.8 Å². The minimum Gasteiger partial charge on any atom is -0.394 e. The molecule has 4 atom stereocenters. The Morgan fingerprint density at radius 3 is 2.00 bits per heavy atom. The lowest BCUT2D eigenvalue weighted by atomic mass is 10.1. The molecule has 0 spiro atoms. The van der Waals surface area contributed by atoms with Gasteiger partial charge >= 0.3 is 0 Å². The van der Waals surface area contributed by atoms with Gasteiger partial charge in [0.25, 0.3) is 0 Å². The van der Waals surface area contributed by atoms with Crippen LogP contribution in [0.1, 0.15) is 13.3 Å². The summed E-state index contributed by atoms with van der Waals surface area (Å²) in [5, 5.41) is 27.2. The highest BCUT2D eigenvalue weighted by Gasteiger charge is 2.40. The quantitative estimate of drug-likeness (QED) is 0.481. The normalized spacial score (nSPS) is 44.7. The zero-order valence-corrected chi connectivity index (χ0v) is 6.47. The van der Waals surface area contributed by atoms with Crippen molar-refractivity contribution in [3.05, 3.63) is 0 Å². The van der Waals surface area contributed by atoms with Crippen LogP contribution in [0, 0.1) is 0 Å². The molecule has 0 aromatic heterocycles. The van der Waals surface area contributed by atoms with Gasteiger partial charge in [0.2, 0.25) is 0 Å². The van der Waals surface area contributed by atoms with Crippen molar-refractivity contribution >= 4 is 0 Å². The summed E-state index contributed by atoms with van der Waals surface area (Å²) < 4.78 is 5.13. The van der Waals surface area contributed by atoms with E-state index in [1.54, 1.807) is 0 Å². The second-order valence-corrected chi connectivity index (χ2v) is 2.78. The summed E-state index contributed by atoms with van der Waals surface area (Å²) >= 11 is 0. The molecule has 1 heterocycles. The first kappa shape index (κ1) is 8.93. The fourth-order valence-corrected chi connectivity index (χ4v) is 1.31. The summed E-state index contributed by atoms with van der Waals surface area (Å²) in [7, 11) is 0. The van der Waals surface area contributed by atoms with E-state index in [1.165, 1.54) is 0 Å². The number of aliphatic hydroxyl groups excluding tert-OH is 3. The lowest BCUT2D eigenvalue weighted by molar-refractivity contribution is -0.0226. The summed E-state index contributed by atoms with van der Waals surface area (Å²) in [6.45, 7) is 1.62. The van der Waals surface area contributed by atoms with E-state index in [0.29, 0.717) is 6.42 Å². The van der Waals surface area contributed by atoms with Crippen LogP contribution in [0.15, 0.2) is 0 Å². The van der Waals surface area contributed by atoms with Crippen LogP contribution < -0.4 is 0 Å². The molecule has 0 aliphatic carbocycles. The number of rotatable bonds is 2. The Balaban J connectivity index is 2.53. The van der Waals surface area contributed by atoms with Crippen LogP contribution in [0.4, 0.5) is 0 Å². The molecule has 0 aromatic rings. The zero-order valence-electron chi connectivity index (χ0n) is 6.47. The van der Waals surface area contributed by atoms with E-state index in [1.807, 2.05) is 6.92 Å². The fourth-order valence-electron chi connectivity index (χ4n) is 1.31. The van der Waals surface area contributed by atoms with Gasteiger partial charge in [0.15, 0.2) is 0 Å². The molecule has 3 N–H and O–H groups in total. The first-order valence-electron chi connectivity index (χ1n) is 3.83. The van der Waals surface area contributed by atoms with Gasteiger partial charge in [-0.05, 0) is 6.42 Å². The first-order chi connectivity index (χ1) is 5.20. The van der Waals surface area contributed by atoms with Crippen LogP contribution >= 0.6 is 0 Å². The molecule has 1 aliphatic rings. The molecule has 1 fully saturated rings. The molecule has 4 nitrogen and oxygen atoms in total. The summed E-state index contributed by atoms with van der Waals surface area (Å²) in [6, 6.07) is 0.